The lowest BCUT2D eigenvalue weighted by molar-refractivity contribution is 0.0997. The Labute approximate surface area is 160 Å². The molecule has 2 aromatic carbocycles. The first kappa shape index (κ1) is 18.3. The van der Waals surface area contributed by atoms with Crippen molar-refractivity contribution in [2.75, 3.05) is 12.9 Å². The molecule has 4 nitrogen and oxygen atoms in total. The number of nitrogens with zero attached hydrogens (tertiary/aromatic N) is 2. The Hall–Kier alpha value is -2.49. The van der Waals surface area contributed by atoms with Gasteiger partial charge in [0.1, 0.15) is 5.75 Å². The fraction of sp³-hybridized carbons (Fsp3) is 0.200. The van der Waals surface area contributed by atoms with Crippen LogP contribution in [0.3, 0.4) is 0 Å². The molecule has 0 N–H and O–H groups in total. The van der Waals surface area contributed by atoms with Gasteiger partial charge in [-0.1, -0.05) is 23.3 Å². The van der Waals surface area contributed by atoms with E-state index in [2.05, 4.69) is 10.9 Å². The van der Waals surface area contributed by atoms with Crippen LogP contribution in [-0.4, -0.2) is 23.3 Å². The Bertz CT molecular complexity index is 1060. The van der Waals surface area contributed by atoms with E-state index in [1.165, 1.54) is 11.3 Å². The molecule has 0 spiro atoms. The van der Waals surface area contributed by atoms with E-state index in [0.717, 1.165) is 20.9 Å². The third kappa shape index (κ3) is 3.85. The molecule has 1 heterocycles. The van der Waals surface area contributed by atoms with Gasteiger partial charge in [0.05, 0.1) is 23.4 Å². The number of terminal acetylenes is 1. The Morgan fingerprint density at radius 1 is 1.35 bits per heavy atom. The predicted molar refractivity (Wildman–Crippen MR) is 108 cm³/mol. The lowest BCUT2D eigenvalue weighted by atomic mass is 10.2. The number of thiazole rings is 1. The molecule has 0 saturated heterocycles. The summed E-state index contributed by atoms with van der Waals surface area (Å²) in [6.45, 7) is 2.90. The molecule has 0 aliphatic heterocycles. The first-order valence-corrected chi connectivity index (χ1v) is 10.1. The van der Waals surface area contributed by atoms with Gasteiger partial charge in [0, 0.05) is 10.5 Å². The van der Waals surface area contributed by atoms with Crippen molar-refractivity contribution in [3.8, 4) is 18.1 Å². The third-order valence-electron chi connectivity index (χ3n) is 3.73. The van der Waals surface area contributed by atoms with Gasteiger partial charge < -0.3 is 9.30 Å². The molecule has 0 unspecified atom stereocenters. The highest BCUT2D eigenvalue weighted by Gasteiger charge is 2.10. The molecule has 6 heteroatoms. The quantitative estimate of drug-likeness (QED) is 0.491. The molecule has 0 fully saturated rings. The van der Waals surface area contributed by atoms with E-state index >= 15 is 0 Å². The van der Waals surface area contributed by atoms with Crippen molar-refractivity contribution >= 4 is 39.2 Å². The van der Waals surface area contributed by atoms with Gasteiger partial charge in [0.25, 0.3) is 5.91 Å². The van der Waals surface area contributed by atoms with Crippen LogP contribution in [0.15, 0.2) is 52.4 Å². The first-order chi connectivity index (χ1) is 12.7. The maximum absolute atomic E-state index is 12.6. The minimum Gasteiger partial charge on any atom is -0.494 e. The largest absolute Gasteiger partial charge is 0.494 e. The average Bonchev–Trinajstić information content (AvgIpc) is 2.99. The molecule has 0 atom stereocenters. The van der Waals surface area contributed by atoms with Gasteiger partial charge >= 0.3 is 0 Å². The summed E-state index contributed by atoms with van der Waals surface area (Å²) in [5, 5.41) is 0. The van der Waals surface area contributed by atoms with Crippen LogP contribution < -0.4 is 9.54 Å². The monoisotopic (exact) mass is 382 g/mol. The van der Waals surface area contributed by atoms with Gasteiger partial charge in [-0.2, -0.15) is 4.99 Å². The molecular formula is C20H18N2O2S2. The van der Waals surface area contributed by atoms with Crippen LogP contribution in [0.25, 0.3) is 10.2 Å². The van der Waals surface area contributed by atoms with Crippen LogP contribution in [0.5, 0.6) is 5.75 Å². The Kier molecular flexibility index (Phi) is 5.82. The highest BCUT2D eigenvalue weighted by molar-refractivity contribution is 7.98. The van der Waals surface area contributed by atoms with Crippen LogP contribution in [0, 0.1) is 12.3 Å². The maximum Gasteiger partial charge on any atom is 0.279 e. The van der Waals surface area contributed by atoms with Gasteiger partial charge in [0.2, 0.25) is 0 Å². The fourth-order valence-corrected chi connectivity index (χ4v) is 4.06. The van der Waals surface area contributed by atoms with Crippen LogP contribution in [0.2, 0.25) is 0 Å². The molecular weight excluding hydrogens is 364 g/mol. The molecule has 26 heavy (non-hydrogen) atoms. The van der Waals surface area contributed by atoms with Gasteiger partial charge in [-0.15, -0.1) is 18.2 Å². The van der Waals surface area contributed by atoms with Gasteiger partial charge in [-0.05, 0) is 49.6 Å². The predicted octanol–water partition coefficient (Wildman–Crippen LogP) is 4.20. The van der Waals surface area contributed by atoms with E-state index in [4.69, 9.17) is 11.2 Å². The van der Waals surface area contributed by atoms with Crippen molar-refractivity contribution in [1.82, 2.24) is 4.57 Å². The molecule has 3 rings (SSSR count). The van der Waals surface area contributed by atoms with Crippen molar-refractivity contribution in [2.24, 2.45) is 4.99 Å². The summed E-state index contributed by atoms with van der Waals surface area (Å²) in [7, 11) is 0. The SMILES string of the molecule is C#CCn1c(=NC(=O)c2cccc(SC)c2)sc2cc(OCC)ccc21. The fourth-order valence-electron chi connectivity index (χ4n) is 2.55. The van der Waals surface area contributed by atoms with Crippen LogP contribution in [0.4, 0.5) is 0 Å². The summed E-state index contributed by atoms with van der Waals surface area (Å²) < 4.78 is 8.42. The number of rotatable bonds is 5. The standard InChI is InChI=1S/C20H18N2O2S2/c1-4-11-22-17-10-9-15(24-5-2)13-18(17)26-20(22)21-19(23)14-7-6-8-16(12-14)25-3/h1,6-10,12-13H,5,11H2,2-3H3. The van der Waals surface area contributed by atoms with Crippen molar-refractivity contribution in [3.05, 3.63) is 52.8 Å². The van der Waals surface area contributed by atoms with E-state index < -0.39 is 0 Å². The van der Waals surface area contributed by atoms with Crippen LogP contribution in [-0.2, 0) is 6.54 Å². The zero-order valence-corrected chi connectivity index (χ0v) is 16.2. The molecule has 0 aliphatic rings. The lowest BCUT2D eigenvalue weighted by Gasteiger charge is -2.03. The highest BCUT2D eigenvalue weighted by Crippen LogP contribution is 2.23. The molecule has 1 aromatic heterocycles. The number of hydrogen-bond donors (Lipinski definition) is 0. The zero-order chi connectivity index (χ0) is 18.5. The molecule has 0 aliphatic carbocycles. The van der Waals surface area contributed by atoms with Crippen molar-refractivity contribution in [3.63, 3.8) is 0 Å². The van der Waals surface area contributed by atoms with Gasteiger partial charge in [-0.25, -0.2) is 0 Å². The second kappa shape index (κ2) is 8.26. The van der Waals surface area contributed by atoms with E-state index in [1.54, 1.807) is 17.8 Å². The normalized spacial score (nSPS) is 11.5. The number of benzene rings is 2. The third-order valence-corrected chi connectivity index (χ3v) is 5.49. The molecule has 0 radical (unpaired) electrons. The minimum absolute atomic E-state index is 0.275. The summed E-state index contributed by atoms with van der Waals surface area (Å²) in [4.78, 5) is 18.6. The maximum atomic E-state index is 12.6. The van der Waals surface area contributed by atoms with Crippen molar-refractivity contribution < 1.29 is 9.53 Å². The smallest absolute Gasteiger partial charge is 0.279 e. The lowest BCUT2D eigenvalue weighted by Crippen LogP contribution is -2.16. The number of carbonyl (C=O) groups is 1. The molecule has 0 saturated carbocycles. The Morgan fingerprint density at radius 2 is 2.19 bits per heavy atom. The van der Waals surface area contributed by atoms with Gasteiger partial charge in [-0.3, -0.25) is 4.79 Å². The van der Waals surface area contributed by atoms with Crippen molar-refractivity contribution in [2.45, 2.75) is 18.4 Å². The average molecular weight is 383 g/mol. The number of carbonyl (C=O) groups excluding carboxylic acids is 1. The number of thioether (sulfide) groups is 1. The van der Waals surface area contributed by atoms with Crippen LogP contribution >= 0.6 is 23.1 Å². The summed E-state index contributed by atoms with van der Waals surface area (Å²) in [6.07, 6.45) is 7.49. The highest BCUT2D eigenvalue weighted by atomic mass is 32.2. The Morgan fingerprint density at radius 3 is 2.92 bits per heavy atom. The van der Waals surface area contributed by atoms with E-state index in [0.29, 0.717) is 23.5 Å². The van der Waals surface area contributed by atoms with Crippen LogP contribution in [0.1, 0.15) is 17.3 Å². The minimum atomic E-state index is -0.275. The topological polar surface area (TPSA) is 43.6 Å². The molecule has 132 valence electrons. The molecule has 0 bridgehead atoms. The van der Waals surface area contributed by atoms with Gasteiger partial charge in [0.15, 0.2) is 4.80 Å². The zero-order valence-electron chi connectivity index (χ0n) is 14.6. The Balaban J connectivity index is 2.09. The molecule has 1 amide bonds. The first-order valence-electron chi connectivity index (χ1n) is 8.09. The number of amides is 1. The van der Waals surface area contributed by atoms with E-state index in [-0.39, 0.29) is 5.91 Å². The van der Waals surface area contributed by atoms with E-state index in [9.17, 15) is 4.79 Å². The summed E-state index contributed by atoms with van der Waals surface area (Å²) in [6, 6.07) is 13.3. The van der Waals surface area contributed by atoms with E-state index in [1.807, 2.05) is 54.1 Å². The molecule has 3 aromatic rings. The summed E-state index contributed by atoms with van der Waals surface area (Å²) in [5.74, 6) is 3.15. The number of fused-ring (bicyclic) bond motifs is 1. The summed E-state index contributed by atoms with van der Waals surface area (Å²) >= 11 is 3.02. The van der Waals surface area contributed by atoms with Crippen molar-refractivity contribution in [1.29, 1.82) is 0 Å². The second-order valence-electron chi connectivity index (χ2n) is 5.39. The number of ether oxygens (including phenoxy) is 1. The summed E-state index contributed by atoms with van der Waals surface area (Å²) in [5.41, 5.74) is 1.51. The second-order valence-corrected chi connectivity index (χ2v) is 7.28. The number of hydrogen-bond acceptors (Lipinski definition) is 4. The number of aromatic nitrogens is 1.